The largest absolute Gasteiger partial charge is 0.360 e. The zero-order valence-corrected chi connectivity index (χ0v) is 13.2. The zero-order chi connectivity index (χ0) is 16.7. The standard InChI is InChI=1S/C15H16F2N2O3S/c1-10-7-12(22-19-10)8-18-23(20,21)9-13-14(15(13,16)17)11-5-3-2-4-6-11/h2-7,13-14,18H,8-9H2,1H3/t13-,14-/m1/s1. The molecule has 0 bridgehead atoms. The molecule has 0 radical (unpaired) electrons. The summed E-state index contributed by atoms with van der Waals surface area (Å²) in [6, 6.07) is 9.84. The highest BCUT2D eigenvalue weighted by Crippen LogP contribution is 2.61. The highest BCUT2D eigenvalue weighted by molar-refractivity contribution is 7.89. The van der Waals surface area contributed by atoms with E-state index in [0.717, 1.165) is 0 Å². The molecule has 1 heterocycles. The zero-order valence-electron chi connectivity index (χ0n) is 12.4. The van der Waals surface area contributed by atoms with Crippen molar-refractivity contribution in [3.05, 3.63) is 53.4 Å². The summed E-state index contributed by atoms with van der Waals surface area (Å²) in [7, 11) is -3.84. The van der Waals surface area contributed by atoms with Gasteiger partial charge in [0, 0.05) is 6.07 Å². The minimum atomic E-state index is -3.84. The molecule has 3 rings (SSSR count). The maximum Gasteiger partial charge on any atom is 0.260 e. The van der Waals surface area contributed by atoms with Crippen LogP contribution < -0.4 is 4.72 Å². The minimum absolute atomic E-state index is 0.0997. The van der Waals surface area contributed by atoms with Crippen molar-refractivity contribution in [2.45, 2.75) is 25.3 Å². The van der Waals surface area contributed by atoms with Gasteiger partial charge in [-0.1, -0.05) is 35.5 Å². The molecule has 23 heavy (non-hydrogen) atoms. The van der Waals surface area contributed by atoms with Crippen molar-refractivity contribution in [1.82, 2.24) is 9.88 Å². The van der Waals surface area contributed by atoms with E-state index in [1.54, 1.807) is 43.3 Å². The van der Waals surface area contributed by atoms with Crippen molar-refractivity contribution < 1.29 is 21.7 Å². The molecule has 1 saturated carbocycles. The summed E-state index contributed by atoms with van der Waals surface area (Å²) in [5, 5.41) is 3.64. The second kappa shape index (κ2) is 5.68. The van der Waals surface area contributed by atoms with Crippen LogP contribution in [-0.2, 0) is 16.6 Å². The lowest BCUT2D eigenvalue weighted by molar-refractivity contribution is 0.0967. The topological polar surface area (TPSA) is 72.2 Å². The summed E-state index contributed by atoms with van der Waals surface area (Å²) in [5.41, 5.74) is 1.08. The lowest BCUT2D eigenvalue weighted by Gasteiger charge is -2.04. The van der Waals surface area contributed by atoms with Crippen LogP contribution in [0, 0.1) is 12.8 Å². The highest BCUT2D eigenvalue weighted by atomic mass is 32.2. The van der Waals surface area contributed by atoms with E-state index in [4.69, 9.17) is 4.52 Å². The molecule has 5 nitrogen and oxygen atoms in total. The number of aromatic nitrogens is 1. The monoisotopic (exact) mass is 342 g/mol. The third-order valence-corrected chi connectivity index (χ3v) is 5.29. The highest BCUT2D eigenvalue weighted by Gasteiger charge is 2.69. The van der Waals surface area contributed by atoms with Gasteiger partial charge >= 0.3 is 0 Å². The lowest BCUT2D eigenvalue weighted by Crippen LogP contribution is -2.27. The van der Waals surface area contributed by atoms with Crippen molar-refractivity contribution in [3.63, 3.8) is 0 Å². The summed E-state index contributed by atoms with van der Waals surface area (Å²) in [6.07, 6.45) is 0. The number of aryl methyl sites for hydroxylation is 1. The average Bonchev–Trinajstić information content (AvgIpc) is 2.82. The molecule has 1 aliphatic carbocycles. The van der Waals surface area contributed by atoms with Gasteiger partial charge < -0.3 is 4.52 Å². The summed E-state index contributed by atoms with van der Waals surface area (Å²) in [4.78, 5) is 0. The minimum Gasteiger partial charge on any atom is -0.360 e. The van der Waals surface area contributed by atoms with Crippen LogP contribution in [-0.4, -0.2) is 25.2 Å². The van der Waals surface area contributed by atoms with Crippen molar-refractivity contribution in [3.8, 4) is 0 Å². The first kappa shape index (κ1) is 16.1. The molecule has 2 aromatic rings. The number of alkyl halides is 2. The van der Waals surface area contributed by atoms with Crippen LogP contribution in [0.2, 0.25) is 0 Å². The summed E-state index contributed by atoms with van der Waals surface area (Å²) < 4.78 is 59.0. The van der Waals surface area contributed by atoms with Crippen LogP contribution in [0.3, 0.4) is 0 Å². The van der Waals surface area contributed by atoms with Crippen LogP contribution >= 0.6 is 0 Å². The smallest absolute Gasteiger partial charge is 0.260 e. The number of halogens is 2. The van der Waals surface area contributed by atoms with Crippen molar-refractivity contribution >= 4 is 10.0 Å². The molecular weight excluding hydrogens is 326 g/mol. The molecule has 0 unspecified atom stereocenters. The molecule has 0 amide bonds. The molecule has 1 N–H and O–H groups in total. The van der Waals surface area contributed by atoms with Crippen LogP contribution in [0.15, 0.2) is 40.9 Å². The number of hydrogen-bond donors (Lipinski definition) is 1. The number of rotatable bonds is 6. The summed E-state index contributed by atoms with van der Waals surface area (Å²) in [6.45, 7) is 1.61. The van der Waals surface area contributed by atoms with Crippen molar-refractivity contribution in [2.24, 2.45) is 5.92 Å². The Morgan fingerprint density at radius 1 is 1.30 bits per heavy atom. The third kappa shape index (κ3) is 3.42. The van der Waals surface area contributed by atoms with E-state index in [2.05, 4.69) is 9.88 Å². The number of benzene rings is 1. The molecule has 1 aliphatic rings. The predicted molar refractivity (Wildman–Crippen MR) is 79.5 cm³/mol. The first-order valence-corrected chi connectivity index (χ1v) is 8.77. The van der Waals surface area contributed by atoms with E-state index in [1.165, 1.54) is 0 Å². The number of nitrogens with zero attached hydrogens (tertiary/aromatic N) is 1. The van der Waals surface area contributed by atoms with E-state index < -0.39 is 33.5 Å². The van der Waals surface area contributed by atoms with Crippen molar-refractivity contribution in [2.75, 3.05) is 5.75 Å². The Kier molecular flexibility index (Phi) is 3.97. The maximum absolute atomic E-state index is 13.9. The van der Waals surface area contributed by atoms with Gasteiger partial charge in [0.15, 0.2) is 5.76 Å². The van der Waals surface area contributed by atoms with Gasteiger partial charge in [-0.25, -0.2) is 21.9 Å². The SMILES string of the molecule is Cc1cc(CNS(=O)(=O)C[C@@H]2[C@@H](c3ccccc3)C2(F)F)on1. The first-order chi connectivity index (χ1) is 10.8. The molecule has 2 atom stereocenters. The van der Waals surface area contributed by atoms with Crippen LogP contribution in [0.5, 0.6) is 0 Å². The Bertz CT molecular complexity index is 790. The van der Waals surface area contributed by atoms with E-state index >= 15 is 0 Å². The second-order valence-corrected chi connectivity index (χ2v) is 7.56. The second-order valence-electron chi connectivity index (χ2n) is 5.71. The van der Waals surface area contributed by atoms with Gasteiger partial charge in [-0.2, -0.15) is 0 Å². The molecule has 1 aromatic carbocycles. The molecule has 124 valence electrons. The quantitative estimate of drug-likeness (QED) is 0.875. The predicted octanol–water partition coefficient (Wildman–Crippen LogP) is 2.45. The van der Waals surface area contributed by atoms with E-state index in [9.17, 15) is 17.2 Å². The molecule has 1 aromatic heterocycles. The maximum atomic E-state index is 13.9. The van der Waals surface area contributed by atoms with Crippen molar-refractivity contribution in [1.29, 1.82) is 0 Å². The Morgan fingerprint density at radius 2 is 2.00 bits per heavy atom. The molecule has 0 saturated heterocycles. The van der Waals surface area contributed by atoms with Crippen LogP contribution in [0.4, 0.5) is 8.78 Å². The van der Waals surface area contributed by atoms with Gasteiger partial charge in [0.2, 0.25) is 10.0 Å². The number of sulfonamides is 1. The molecule has 0 aliphatic heterocycles. The van der Waals surface area contributed by atoms with E-state index in [1.807, 2.05) is 0 Å². The van der Waals surface area contributed by atoms with Gasteiger partial charge in [0.25, 0.3) is 5.92 Å². The van der Waals surface area contributed by atoms with Gasteiger partial charge in [0.1, 0.15) is 0 Å². The van der Waals surface area contributed by atoms with Crippen LogP contribution in [0.25, 0.3) is 0 Å². The fourth-order valence-electron chi connectivity index (χ4n) is 2.69. The summed E-state index contributed by atoms with van der Waals surface area (Å²) >= 11 is 0. The van der Waals surface area contributed by atoms with Crippen LogP contribution in [0.1, 0.15) is 22.9 Å². The number of nitrogens with one attached hydrogen (secondary N) is 1. The average molecular weight is 342 g/mol. The first-order valence-electron chi connectivity index (χ1n) is 7.12. The molecule has 8 heteroatoms. The number of hydrogen-bond acceptors (Lipinski definition) is 4. The van der Waals surface area contributed by atoms with Gasteiger partial charge in [-0.3, -0.25) is 0 Å². The fourth-order valence-corrected chi connectivity index (χ4v) is 4.06. The van der Waals surface area contributed by atoms with E-state index in [0.29, 0.717) is 17.0 Å². The van der Waals surface area contributed by atoms with E-state index in [-0.39, 0.29) is 6.54 Å². The molecule has 1 fully saturated rings. The Labute approximate surface area is 132 Å². The van der Waals surface area contributed by atoms with Gasteiger partial charge in [-0.05, 0) is 12.5 Å². The normalized spacial score (nSPS) is 22.9. The molecule has 0 spiro atoms. The van der Waals surface area contributed by atoms with Gasteiger partial charge in [-0.15, -0.1) is 0 Å². The summed E-state index contributed by atoms with van der Waals surface area (Å²) in [5.74, 6) is -5.54. The molecular formula is C15H16F2N2O3S. The third-order valence-electron chi connectivity index (χ3n) is 3.90. The van der Waals surface area contributed by atoms with Gasteiger partial charge in [0.05, 0.1) is 29.8 Å². The Hall–Kier alpha value is -1.80. The Balaban J connectivity index is 1.64. The fraction of sp³-hybridized carbons (Fsp3) is 0.400. The lowest BCUT2D eigenvalue weighted by atomic mass is 10.1. The Morgan fingerprint density at radius 3 is 2.61 bits per heavy atom.